The molecule has 0 aliphatic carbocycles. The first-order valence-electron chi connectivity index (χ1n) is 12.0. The molecule has 2 N–H and O–H groups in total. The molecule has 9 nitrogen and oxygen atoms in total. The number of aliphatic carboxylic acids is 1. The minimum Gasteiger partial charge on any atom is -0.481 e. The molecule has 0 bridgehead atoms. The number of hydrogen-bond donors (Lipinski definition) is 2. The van der Waals surface area contributed by atoms with Crippen molar-refractivity contribution in [1.29, 1.82) is 0 Å². The number of carbonyl (C=O) groups excluding carboxylic acids is 2. The average molecular weight is 625 g/mol. The maximum atomic E-state index is 15.0. The van der Waals surface area contributed by atoms with Gasteiger partial charge in [0.15, 0.2) is 0 Å². The Morgan fingerprint density at radius 3 is 2.51 bits per heavy atom. The van der Waals surface area contributed by atoms with Gasteiger partial charge >= 0.3 is 12.1 Å². The van der Waals surface area contributed by atoms with Crippen LogP contribution in [0.3, 0.4) is 0 Å². The Morgan fingerprint density at radius 1 is 1.27 bits per heavy atom. The predicted octanol–water partition coefficient (Wildman–Crippen LogP) is 5.05. The van der Waals surface area contributed by atoms with Crippen molar-refractivity contribution in [3.63, 3.8) is 0 Å². The van der Waals surface area contributed by atoms with E-state index in [2.05, 4.69) is 10.3 Å². The van der Waals surface area contributed by atoms with Gasteiger partial charge in [-0.15, -0.1) is 0 Å². The van der Waals surface area contributed by atoms with Crippen LogP contribution >= 0.6 is 23.2 Å². The fourth-order valence-corrected chi connectivity index (χ4v) is 5.91. The number of carbonyl (C=O) groups is 3. The van der Waals surface area contributed by atoms with Crippen LogP contribution in [0.2, 0.25) is 10.0 Å². The number of nitrogens with one attached hydrogen (secondary N) is 1. The second-order valence-corrected chi connectivity index (χ2v) is 10.7. The molecular formula is C25H23Cl2F5N4O5. The molecule has 0 saturated carbocycles. The number of ether oxygens (including phenoxy) is 1. The lowest BCUT2D eigenvalue weighted by atomic mass is 9.83. The highest BCUT2D eigenvalue weighted by molar-refractivity contribution is 6.38. The molecule has 222 valence electrons. The van der Waals surface area contributed by atoms with Crippen LogP contribution < -0.4 is 15.0 Å². The normalized spacial score (nSPS) is 22.7. The molecule has 2 aromatic rings. The molecule has 3 heterocycles. The smallest absolute Gasteiger partial charge is 0.416 e. The van der Waals surface area contributed by atoms with E-state index in [1.54, 1.807) is 0 Å². The Morgan fingerprint density at radius 2 is 1.93 bits per heavy atom. The summed E-state index contributed by atoms with van der Waals surface area (Å²) in [6.45, 7) is 0.162. The summed E-state index contributed by atoms with van der Waals surface area (Å²) < 4.78 is 75.2. The number of amides is 2. The molecule has 1 saturated heterocycles. The second-order valence-electron chi connectivity index (χ2n) is 9.89. The average Bonchev–Trinajstić information content (AvgIpc) is 3.35. The minimum atomic E-state index is -4.81. The van der Waals surface area contributed by atoms with E-state index in [0.29, 0.717) is 12.1 Å². The van der Waals surface area contributed by atoms with E-state index in [4.69, 9.17) is 27.9 Å². The number of benzene rings is 1. The summed E-state index contributed by atoms with van der Waals surface area (Å²) in [5.41, 5.74) is -3.45. The van der Waals surface area contributed by atoms with Gasteiger partial charge in [0.25, 0.3) is 5.92 Å². The van der Waals surface area contributed by atoms with Gasteiger partial charge < -0.3 is 15.2 Å². The van der Waals surface area contributed by atoms with Gasteiger partial charge in [0.2, 0.25) is 17.7 Å². The molecule has 0 spiro atoms. The molecule has 41 heavy (non-hydrogen) atoms. The topological polar surface area (TPSA) is 112 Å². The molecule has 1 aromatic heterocycles. The number of aromatic nitrogens is 1. The van der Waals surface area contributed by atoms with Gasteiger partial charge in [-0.1, -0.05) is 30.1 Å². The zero-order valence-electron chi connectivity index (χ0n) is 21.7. The molecule has 2 aliphatic heterocycles. The van der Waals surface area contributed by atoms with E-state index in [1.165, 1.54) is 19.1 Å². The van der Waals surface area contributed by atoms with Crippen LogP contribution in [-0.2, 0) is 26.1 Å². The van der Waals surface area contributed by atoms with Crippen molar-refractivity contribution >= 4 is 52.5 Å². The number of nitrogens with zero attached hydrogens (tertiary/aromatic N) is 3. The number of anilines is 2. The lowest BCUT2D eigenvalue weighted by Crippen LogP contribution is -2.57. The highest BCUT2D eigenvalue weighted by Gasteiger charge is 2.62. The molecule has 2 amide bonds. The molecule has 2 aliphatic rings. The number of alkyl halides is 5. The van der Waals surface area contributed by atoms with Crippen molar-refractivity contribution < 1.29 is 46.2 Å². The summed E-state index contributed by atoms with van der Waals surface area (Å²) in [4.78, 5) is 44.6. The first kappa shape index (κ1) is 30.7. The van der Waals surface area contributed by atoms with Crippen LogP contribution in [0.15, 0.2) is 24.3 Å². The maximum absolute atomic E-state index is 15.0. The lowest BCUT2D eigenvalue weighted by Gasteiger charge is -2.41. The number of carboxylic acid groups (broad SMARTS) is 1. The first-order valence-corrected chi connectivity index (χ1v) is 12.7. The number of likely N-dealkylation sites (tertiary alicyclic amines) is 1. The number of fused-ring (bicyclic) bond motifs is 1. The van der Waals surface area contributed by atoms with Crippen molar-refractivity contribution in [2.75, 3.05) is 30.9 Å². The van der Waals surface area contributed by atoms with Gasteiger partial charge in [-0.25, -0.2) is 8.78 Å². The second kappa shape index (κ2) is 10.6. The number of methoxy groups -OCH3 is 1. The fourth-order valence-electron chi connectivity index (χ4n) is 5.37. The molecule has 0 unspecified atom stereocenters. The standard InChI is InChI=1S/C25H23Cl2F5N4O5/c1-11(21(39)35(2)17-4-12(25(30,31)32)5-18(33-17)41-3)16-8-23(28,29)10-36(16)24(9-19(37)38)14-6-13(26)7-15(27)20(14)34-22(24)40/h4-7,11,16H,8-10H2,1-3H3,(H,34,40)(H,37,38)/t11-,16-,24-/m1/s1. The summed E-state index contributed by atoms with van der Waals surface area (Å²) in [5, 5.41) is 12.2. The highest BCUT2D eigenvalue weighted by Crippen LogP contribution is 2.52. The van der Waals surface area contributed by atoms with Crippen LogP contribution in [0.4, 0.5) is 33.5 Å². The molecule has 1 fully saturated rings. The van der Waals surface area contributed by atoms with Gasteiger partial charge in [0, 0.05) is 36.2 Å². The molecular weight excluding hydrogens is 602 g/mol. The van der Waals surface area contributed by atoms with E-state index in [-0.39, 0.29) is 21.3 Å². The summed E-state index contributed by atoms with van der Waals surface area (Å²) in [5.74, 6) is -9.13. The largest absolute Gasteiger partial charge is 0.481 e. The van der Waals surface area contributed by atoms with Gasteiger partial charge in [-0.2, -0.15) is 18.2 Å². The Balaban J connectivity index is 1.79. The SMILES string of the molecule is COc1cc(C(F)(F)F)cc(N(C)C(=O)[C@H](C)[C@H]2CC(F)(F)CN2[C@@]2(CC(=O)O)C(=O)Nc3c(Cl)cc(Cl)cc32)n1. The van der Waals surface area contributed by atoms with Gasteiger partial charge in [-0.3, -0.25) is 24.2 Å². The van der Waals surface area contributed by atoms with Gasteiger partial charge in [0.1, 0.15) is 11.4 Å². The number of rotatable bonds is 7. The molecule has 4 rings (SSSR count). The van der Waals surface area contributed by atoms with Gasteiger partial charge in [-0.05, 0) is 18.2 Å². The van der Waals surface area contributed by atoms with Crippen molar-refractivity contribution in [2.24, 2.45) is 5.92 Å². The molecule has 1 aromatic carbocycles. The Kier molecular flexibility index (Phi) is 7.91. The summed E-state index contributed by atoms with van der Waals surface area (Å²) in [7, 11) is 2.20. The van der Waals surface area contributed by atoms with Crippen molar-refractivity contribution in [1.82, 2.24) is 9.88 Å². The third-order valence-corrected chi connectivity index (χ3v) is 7.80. The van der Waals surface area contributed by atoms with E-state index >= 15 is 8.78 Å². The van der Waals surface area contributed by atoms with Crippen LogP contribution in [0, 0.1) is 5.92 Å². The van der Waals surface area contributed by atoms with E-state index in [1.807, 2.05) is 0 Å². The van der Waals surface area contributed by atoms with E-state index in [9.17, 15) is 32.7 Å². The highest BCUT2D eigenvalue weighted by atomic mass is 35.5. The van der Waals surface area contributed by atoms with Crippen molar-refractivity contribution in [3.05, 3.63) is 45.4 Å². The van der Waals surface area contributed by atoms with Crippen LogP contribution in [0.25, 0.3) is 0 Å². The number of pyridine rings is 1. The Hall–Kier alpha value is -3.23. The zero-order chi connectivity index (χ0) is 30.7. The first-order chi connectivity index (χ1) is 18.9. The van der Waals surface area contributed by atoms with Crippen LogP contribution in [-0.4, -0.2) is 65.4 Å². The number of carboxylic acids is 1. The van der Waals surface area contributed by atoms with Crippen LogP contribution in [0.5, 0.6) is 5.88 Å². The lowest BCUT2D eigenvalue weighted by molar-refractivity contribution is -0.147. The van der Waals surface area contributed by atoms with E-state index < -0.39 is 84.0 Å². The Bertz CT molecular complexity index is 1430. The Labute approximate surface area is 240 Å². The maximum Gasteiger partial charge on any atom is 0.416 e. The van der Waals surface area contributed by atoms with E-state index in [0.717, 1.165) is 24.0 Å². The van der Waals surface area contributed by atoms with Gasteiger partial charge in [0.05, 0.1) is 42.3 Å². The zero-order valence-corrected chi connectivity index (χ0v) is 23.2. The number of hydrogen-bond acceptors (Lipinski definition) is 6. The summed E-state index contributed by atoms with van der Waals surface area (Å²) in [6, 6.07) is 2.32. The van der Waals surface area contributed by atoms with Crippen molar-refractivity contribution in [2.45, 2.75) is 43.4 Å². The summed E-state index contributed by atoms with van der Waals surface area (Å²) >= 11 is 12.4. The summed E-state index contributed by atoms with van der Waals surface area (Å²) in [6.07, 6.45) is -6.73. The minimum absolute atomic E-state index is 0.00681. The molecule has 16 heteroatoms. The predicted molar refractivity (Wildman–Crippen MR) is 137 cm³/mol. The van der Waals surface area contributed by atoms with Crippen molar-refractivity contribution in [3.8, 4) is 5.88 Å². The third kappa shape index (κ3) is 5.52. The molecule has 0 radical (unpaired) electrons. The number of halogens is 7. The third-order valence-electron chi connectivity index (χ3n) is 7.29. The quantitative estimate of drug-likeness (QED) is 0.415. The fraction of sp³-hybridized carbons (Fsp3) is 0.440. The van der Waals surface area contributed by atoms with Crippen LogP contribution in [0.1, 0.15) is 30.9 Å². The monoisotopic (exact) mass is 624 g/mol. The molecule has 3 atom stereocenters.